The second-order valence-corrected chi connectivity index (χ2v) is 7.67. The second-order valence-electron chi connectivity index (χ2n) is 5.57. The predicted octanol–water partition coefficient (Wildman–Crippen LogP) is 2.38. The van der Waals surface area contributed by atoms with Crippen LogP contribution in [0.25, 0.3) is 0 Å². The Morgan fingerprint density at radius 1 is 1.20 bits per heavy atom. The molecule has 0 aromatic heterocycles. The van der Waals surface area contributed by atoms with E-state index in [9.17, 15) is 8.42 Å². The van der Waals surface area contributed by atoms with Gasteiger partial charge >= 0.3 is 0 Å². The maximum Gasteiger partial charge on any atom is 0.178 e. The fourth-order valence-electron chi connectivity index (χ4n) is 2.53. The molecular formula is C15H24N2O2S. The molecule has 1 N–H and O–H groups in total. The van der Waals surface area contributed by atoms with Crippen LogP contribution in [0.1, 0.15) is 26.2 Å². The van der Waals surface area contributed by atoms with Crippen molar-refractivity contribution in [1.29, 1.82) is 0 Å². The van der Waals surface area contributed by atoms with Gasteiger partial charge in [0.25, 0.3) is 0 Å². The number of rotatable bonds is 5. The van der Waals surface area contributed by atoms with Crippen LogP contribution < -0.4 is 5.32 Å². The standard InChI is InChI=1S/C15H24N2O2S/c1-3-12-20(18,19)15-6-4-13(5-7-15)16-14-8-10-17(2)11-9-14/h4-7,14,16H,3,8-12H2,1-2H3. The van der Waals surface area contributed by atoms with Crippen LogP contribution in [0.3, 0.4) is 0 Å². The van der Waals surface area contributed by atoms with Gasteiger partial charge in [0.1, 0.15) is 0 Å². The van der Waals surface area contributed by atoms with Gasteiger partial charge in [0.15, 0.2) is 9.84 Å². The van der Waals surface area contributed by atoms with Crippen LogP contribution in [0.15, 0.2) is 29.2 Å². The zero-order chi connectivity index (χ0) is 14.6. The SMILES string of the molecule is CCCS(=O)(=O)c1ccc(NC2CCN(C)CC2)cc1. The lowest BCUT2D eigenvalue weighted by Gasteiger charge is -2.30. The minimum absolute atomic E-state index is 0.217. The Morgan fingerprint density at radius 3 is 2.35 bits per heavy atom. The zero-order valence-corrected chi connectivity index (χ0v) is 13.1. The molecular weight excluding hydrogens is 272 g/mol. The van der Waals surface area contributed by atoms with E-state index in [1.54, 1.807) is 12.1 Å². The number of anilines is 1. The summed E-state index contributed by atoms with van der Waals surface area (Å²) in [6.07, 6.45) is 2.91. The van der Waals surface area contributed by atoms with Gasteiger partial charge in [0.2, 0.25) is 0 Å². The summed E-state index contributed by atoms with van der Waals surface area (Å²) in [5.41, 5.74) is 1.01. The minimum atomic E-state index is -3.10. The largest absolute Gasteiger partial charge is 0.382 e. The fraction of sp³-hybridized carbons (Fsp3) is 0.600. The van der Waals surface area contributed by atoms with Crippen LogP contribution in [0, 0.1) is 0 Å². The van der Waals surface area contributed by atoms with Crippen LogP contribution in [0.2, 0.25) is 0 Å². The van der Waals surface area contributed by atoms with Crippen molar-refractivity contribution in [1.82, 2.24) is 4.90 Å². The van der Waals surface area contributed by atoms with Crippen molar-refractivity contribution < 1.29 is 8.42 Å². The van der Waals surface area contributed by atoms with Crippen LogP contribution in [0.4, 0.5) is 5.69 Å². The van der Waals surface area contributed by atoms with E-state index in [0.29, 0.717) is 17.4 Å². The lowest BCUT2D eigenvalue weighted by atomic mass is 10.1. The summed E-state index contributed by atoms with van der Waals surface area (Å²) >= 11 is 0. The predicted molar refractivity (Wildman–Crippen MR) is 82.9 cm³/mol. The number of likely N-dealkylation sites (tertiary alicyclic amines) is 1. The first kappa shape index (κ1) is 15.3. The smallest absolute Gasteiger partial charge is 0.178 e. The molecule has 0 bridgehead atoms. The van der Waals surface area contributed by atoms with E-state index >= 15 is 0 Å². The molecule has 1 aromatic rings. The van der Waals surface area contributed by atoms with Crippen LogP contribution in [-0.2, 0) is 9.84 Å². The van der Waals surface area contributed by atoms with Gasteiger partial charge in [-0.3, -0.25) is 0 Å². The molecule has 0 atom stereocenters. The average Bonchev–Trinajstić information content (AvgIpc) is 2.42. The monoisotopic (exact) mass is 296 g/mol. The molecule has 1 heterocycles. The van der Waals surface area contributed by atoms with Gasteiger partial charge in [-0.05, 0) is 63.7 Å². The number of piperidine rings is 1. The summed E-state index contributed by atoms with van der Waals surface area (Å²) in [7, 11) is -0.959. The van der Waals surface area contributed by atoms with Crippen molar-refractivity contribution >= 4 is 15.5 Å². The number of sulfone groups is 1. The van der Waals surface area contributed by atoms with Gasteiger partial charge in [-0.2, -0.15) is 0 Å². The average molecular weight is 296 g/mol. The van der Waals surface area contributed by atoms with E-state index in [1.807, 2.05) is 19.1 Å². The van der Waals surface area contributed by atoms with Crippen molar-refractivity contribution in [2.45, 2.75) is 37.1 Å². The summed E-state index contributed by atoms with van der Waals surface area (Å²) in [4.78, 5) is 2.76. The third kappa shape index (κ3) is 3.96. The molecule has 2 rings (SSSR count). The van der Waals surface area contributed by atoms with Gasteiger partial charge in [0, 0.05) is 11.7 Å². The minimum Gasteiger partial charge on any atom is -0.382 e. The summed E-state index contributed by atoms with van der Waals surface area (Å²) in [6.45, 7) is 4.11. The molecule has 0 aliphatic carbocycles. The molecule has 0 spiro atoms. The molecule has 1 fully saturated rings. The second kappa shape index (κ2) is 6.59. The highest BCUT2D eigenvalue weighted by atomic mass is 32.2. The Bertz CT molecular complexity index is 517. The Morgan fingerprint density at radius 2 is 1.80 bits per heavy atom. The van der Waals surface area contributed by atoms with Crippen LogP contribution >= 0.6 is 0 Å². The molecule has 0 saturated carbocycles. The Balaban J connectivity index is 1.98. The maximum atomic E-state index is 11.9. The topological polar surface area (TPSA) is 49.4 Å². The van der Waals surface area contributed by atoms with Gasteiger partial charge < -0.3 is 10.2 Å². The number of nitrogens with zero attached hydrogens (tertiary/aromatic N) is 1. The first-order valence-corrected chi connectivity index (χ1v) is 8.94. The third-order valence-electron chi connectivity index (χ3n) is 3.78. The van der Waals surface area contributed by atoms with Crippen molar-refractivity contribution in [2.24, 2.45) is 0 Å². The molecule has 0 amide bonds. The zero-order valence-electron chi connectivity index (χ0n) is 12.3. The number of nitrogens with one attached hydrogen (secondary N) is 1. The molecule has 1 saturated heterocycles. The number of hydrogen-bond donors (Lipinski definition) is 1. The molecule has 1 aliphatic heterocycles. The molecule has 1 aromatic carbocycles. The highest BCUT2D eigenvalue weighted by Gasteiger charge is 2.17. The van der Waals surface area contributed by atoms with Crippen LogP contribution in [0.5, 0.6) is 0 Å². The fourth-order valence-corrected chi connectivity index (χ4v) is 3.86. The number of benzene rings is 1. The first-order valence-electron chi connectivity index (χ1n) is 7.29. The lowest BCUT2D eigenvalue weighted by Crippen LogP contribution is -2.36. The van der Waals surface area contributed by atoms with Gasteiger partial charge in [-0.15, -0.1) is 0 Å². The van der Waals surface area contributed by atoms with E-state index in [0.717, 1.165) is 31.6 Å². The first-order chi connectivity index (χ1) is 9.51. The van der Waals surface area contributed by atoms with E-state index < -0.39 is 9.84 Å². The summed E-state index contributed by atoms with van der Waals surface area (Å²) in [5.74, 6) is 0.217. The van der Waals surface area contributed by atoms with E-state index in [4.69, 9.17) is 0 Å². The summed E-state index contributed by atoms with van der Waals surface area (Å²) in [5, 5.41) is 3.49. The van der Waals surface area contributed by atoms with E-state index in [2.05, 4.69) is 17.3 Å². The Kier molecular flexibility index (Phi) is 5.05. The van der Waals surface area contributed by atoms with Crippen LogP contribution in [-0.4, -0.2) is 45.2 Å². The van der Waals surface area contributed by atoms with E-state index in [1.165, 1.54) is 0 Å². The normalized spacial score (nSPS) is 18.1. The summed E-state index contributed by atoms with van der Waals surface area (Å²) < 4.78 is 23.9. The van der Waals surface area contributed by atoms with Gasteiger partial charge in [-0.1, -0.05) is 6.92 Å². The lowest BCUT2D eigenvalue weighted by molar-refractivity contribution is 0.264. The highest BCUT2D eigenvalue weighted by Crippen LogP contribution is 2.19. The maximum absolute atomic E-state index is 11.9. The Labute approximate surface area is 122 Å². The molecule has 4 nitrogen and oxygen atoms in total. The van der Waals surface area contributed by atoms with Gasteiger partial charge in [-0.25, -0.2) is 8.42 Å². The van der Waals surface area contributed by atoms with Crippen molar-refractivity contribution in [3.63, 3.8) is 0 Å². The summed E-state index contributed by atoms with van der Waals surface area (Å²) in [6, 6.07) is 7.66. The highest BCUT2D eigenvalue weighted by molar-refractivity contribution is 7.91. The molecule has 1 aliphatic rings. The molecule has 20 heavy (non-hydrogen) atoms. The van der Waals surface area contributed by atoms with Crippen molar-refractivity contribution in [3.05, 3.63) is 24.3 Å². The Hall–Kier alpha value is -1.07. The van der Waals surface area contributed by atoms with E-state index in [-0.39, 0.29) is 5.75 Å². The molecule has 112 valence electrons. The number of hydrogen-bond acceptors (Lipinski definition) is 4. The molecule has 0 radical (unpaired) electrons. The quantitative estimate of drug-likeness (QED) is 0.906. The molecule has 0 unspecified atom stereocenters. The van der Waals surface area contributed by atoms with Crippen molar-refractivity contribution in [3.8, 4) is 0 Å². The van der Waals surface area contributed by atoms with Crippen molar-refractivity contribution in [2.75, 3.05) is 31.2 Å². The van der Waals surface area contributed by atoms with Gasteiger partial charge in [0.05, 0.1) is 10.6 Å². The third-order valence-corrected chi connectivity index (χ3v) is 5.71. The molecule has 5 heteroatoms.